The van der Waals surface area contributed by atoms with Crippen LogP contribution >= 0.6 is 0 Å². The number of anilines is 1. The lowest BCUT2D eigenvalue weighted by atomic mass is 10.1. The minimum atomic E-state index is -0.273. The van der Waals surface area contributed by atoms with Crippen molar-refractivity contribution in [2.24, 2.45) is 0 Å². The molecule has 5 nitrogen and oxygen atoms in total. The second kappa shape index (κ2) is 7.14. The highest BCUT2D eigenvalue weighted by Crippen LogP contribution is 2.23. The molecule has 110 valence electrons. The standard InChI is InChI=1S/C15H23N3O2/c16-13-7-5-6-12(14(13)19)15(20)17-8-11-18-9-3-1-2-4-10-18/h5-7,19H,1-4,8-11,16H2,(H,17,20). The van der Waals surface area contributed by atoms with Gasteiger partial charge in [0.05, 0.1) is 11.3 Å². The van der Waals surface area contributed by atoms with Crippen LogP contribution < -0.4 is 11.1 Å². The van der Waals surface area contributed by atoms with Gasteiger partial charge in [-0.3, -0.25) is 4.79 Å². The van der Waals surface area contributed by atoms with Gasteiger partial charge in [0.1, 0.15) is 0 Å². The number of benzene rings is 1. The first kappa shape index (κ1) is 14.7. The van der Waals surface area contributed by atoms with Gasteiger partial charge in [0.2, 0.25) is 0 Å². The quantitative estimate of drug-likeness (QED) is 0.577. The zero-order valence-corrected chi connectivity index (χ0v) is 11.8. The van der Waals surface area contributed by atoms with Gasteiger partial charge >= 0.3 is 0 Å². The van der Waals surface area contributed by atoms with E-state index in [4.69, 9.17) is 5.73 Å². The number of carbonyl (C=O) groups excluding carboxylic acids is 1. The Labute approximate surface area is 119 Å². The van der Waals surface area contributed by atoms with E-state index in [1.54, 1.807) is 18.2 Å². The number of nitrogen functional groups attached to an aromatic ring is 1. The van der Waals surface area contributed by atoms with Crippen molar-refractivity contribution < 1.29 is 9.90 Å². The van der Waals surface area contributed by atoms with Gasteiger partial charge in [-0.25, -0.2) is 0 Å². The van der Waals surface area contributed by atoms with Crippen LogP contribution in [0, 0.1) is 0 Å². The monoisotopic (exact) mass is 277 g/mol. The first-order chi connectivity index (χ1) is 9.68. The van der Waals surface area contributed by atoms with Crippen LogP contribution in [0.3, 0.4) is 0 Å². The maximum Gasteiger partial charge on any atom is 0.255 e. The van der Waals surface area contributed by atoms with E-state index in [0.717, 1.165) is 19.6 Å². The van der Waals surface area contributed by atoms with Crippen LogP contribution in [0.4, 0.5) is 5.69 Å². The molecular weight excluding hydrogens is 254 g/mol. The molecule has 1 saturated heterocycles. The van der Waals surface area contributed by atoms with Crippen LogP contribution in [-0.4, -0.2) is 42.1 Å². The number of rotatable bonds is 4. The number of carbonyl (C=O) groups is 1. The average molecular weight is 277 g/mol. The molecule has 1 aromatic rings. The normalized spacial score (nSPS) is 16.6. The fraction of sp³-hybridized carbons (Fsp3) is 0.533. The summed E-state index contributed by atoms with van der Waals surface area (Å²) in [5.41, 5.74) is 6.05. The zero-order valence-electron chi connectivity index (χ0n) is 11.8. The first-order valence-electron chi connectivity index (χ1n) is 7.26. The number of phenols is 1. The zero-order chi connectivity index (χ0) is 14.4. The van der Waals surface area contributed by atoms with Gasteiger partial charge in [-0.05, 0) is 38.1 Å². The summed E-state index contributed by atoms with van der Waals surface area (Å²) in [4.78, 5) is 14.4. The summed E-state index contributed by atoms with van der Waals surface area (Å²) in [6, 6.07) is 4.81. The molecule has 2 rings (SSSR count). The number of hydrogen-bond donors (Lipinski definition) is 3. The fourth-order valence-electron chi connectivity index (χ4n) is 2.53. The van der Waals surface area contributed by atoms with E-state index in [1.807, 2.05) is 0 Å². The maximum atomic E-state index is 12.0. The molecular formula is C15H23N3O2. The predicted octanol–water partition coefficient (Wildman–Crippen LogP) is 1.58. The van der Waals surface area contributed by atoms with E-state index >= 15 is 0 Å². The van der Waals surface area contributed by atoms with Crippen molar-refractivity contribution in [3.63, 3.8) is 0 Å². The van der Waals surface area contributed by atoms with E-state index < -0.39 is 0 Å². The Balaban J connectivity index is 1.81. The second-order valence-electron chi connectivity index (χ2n) is 5.26. The summed E-state index contributed by atoms with van der Waals surface area (Å²) >= 11 is 0. The molecule has 0 bridgehead atoms. The molecule has 20 heavy (non-hydrogen) atoms. The van der Waals surface area contributed by atoms with Gasteiger partial charge in [0, 0.05) is 13.1 Å². The van der Waals surface area contributed by atoms with Gasteiger partial charge in [-0.15, -0.1) is 0 Å². The van der Waals surface area contributed by atoms with Crippen LogP contribution in [0.5, 0.6) is 5.75 Å². The lowest BCUT2D eigenvalue weighted by Crippen LogP contribution is -2.35. The summed E-state index contributed by atoms with van der Waals surface area (Å²) < 4.78 is 0. The Hall–Kier alpha value is -1.75. The van der Waals surface area contributed by atoms with Crippen molar-refractivity contribution in [1.82, 2.24) is 10.2 Å². The Morgan fingerprint density at radius 1 is 1.25 bits per heavy atom. The van der Waals surface area contributed by atoms with Crippen molar-refractivity contribution >= 4 is 11.6 Å². The minimum absolute atomic E-state index is 0.139. The number of phenolic OH excluding ortho intramolecular Hbond substituents is 1. The third kappa shape index (κ3) is 3.87. The molecule has 0 atom stereocenters. The Bertz CT molecular complexity index is 454. The minimum Gasteiger partial charge on any atom is -0.505 e. The Morgan fingerprint density at radius 3 is 2.65 bits per heavy atom. The highest BCUT2D eigenvalue weighted by atomic mass is 16.3. The van der Waals surface area contributed by atoms with E-state index in [1.165, 1.54) is 25.7 Å². The Morgan fingerprint density at radius 2 is 1.95 bits per heavy atom. The lowest BCUT2D eigenvalue weighted by Gasteiger charge is -2.19. The molecule has 0 radical (unpaired) electrons. The molecule has 1 aliphatic rings. The first-order valence-corrected chi connectivity index (χ1v) is 7.26. The van der Waals surface area contributed by atoms with Gasteiger partial charge in [0.15, 0.2) is 5.75 Å². The van der Waals surface area contributed by atoms with E-state index in [-0.39, 0.29) is 22.9 Å². The molecule has 1 aromatic carbocycles. The largest absolute Gasteiger partial charge is 0.505 e. The van der Waals surface area contributed by atoms with Crippen molar-refractivity contribution in [2.45, 2.75) is 25.7 Å². The molecule has 1 aliphatic heterocycles. The molecule has 0 unspecified atom stereocenters. The number of amides is 1. The predicted molar refractivity (Wildman–Crippen MR) is 79.8 cm³/mol. The summed E-state index contributed by atoms with van der Waals surface area (Å²) in [6.07, 6.45) is 5.09. The van der Waals surface area contributed by atoms with E-state index in [2.05, 4.69) is 10.2 Å². The lowest BCUT2D eigenvalue weighted by molar-refractivity contribution is 0.0946. The smallest absolute Gasteiger partial charge is 0.255 e. The summed E-state index contributed by atoms with van der Waals surface area (Å²) in [5, 5.41) is 12.6. The topological polar surface area (TPSA) is 78.6 Å². The van der Waals surface area contributed by atoms with Gasteiger partial charge in [-0.1, -0.05) is 18.9 Å². The maximum absolute atomic E-state index is 12.0. The van der Waals surface area contributed by atoms with Crippen LogP contribution in [0.15, 0.2) is 18.2 Å². The molecule has 4 N–H and O–H groups in total. The van der Waals surface area contributed by atoms with E-state index in [9.17, 15) is 9.90 Å². The van der Waals surface area contributed by atoms with Crippen molar-refractivity contribution in [3.8, 4) is 5.75 Å². The molecule has 5 heteroatoms. The number of hydrogen-bond acceptors (Lipinski definition) is 4. The molecule has 0 spiro atoms. The van der Waals surface area contributed by atoms with Crippen molar-refractivity contribution in [1.29, 1.82) is 0 Å². The molecule has 1 heterocycles. The summed E-state index contributed by atoms with van der Waals surface area (Å²) in [6.45, 7) is 3.67. The highest BCUT2D eigenvalue weighted by Gasteiger charge is 2.13. The molecule has 0 saturated carbocycles. The summed E-state index contributed by atoms with van der Waals surface area (Å²) in [7, 11) is 0. The van der Waals surface area contributed by atoms with Gasteiger partial charge in [-0.2, -0.15) is 0 Å². The van der Waals surface area contributed by atoms with Crippen LogP contribution in [-0.2, 0) is 0 Å². The molecule has 1 amide bonds. The molecule has 0 aliphatic carbocycles. The number of likely N-dealkylation sites (tertiary alicyclic amines) is 1. The van der Waals surface area contributed by atoms with Crippen LogP contribution in [0.2, 0.25) is 0 Å². The van der Waals surface area contributed by atoms with Gasteiger partial charge in [0.25, 0.3) is 5.91 Å². The van der Waals surface area contributed by atoms with Crippen molar-refractivity contribution in [3.05, 3.63) is 23.8 Å². The number of aromatic hydroxyl groups is 1. The van der Waals surface area contributed by atoms with Crippen LogP contribution in [0.25, 0.3) is 0 Å². The highest BCUT2D eigenvalue weighted by molar-refractivity contribution is 5.98. The SMILES string of the molecule is Nc1cccc(C(=O)NCCN2CCCCCC2)c1O. The second-order valence-corrected chi connectivity index (χ2v) is 5.26. The number of para-hydroxylation sites is 1. The third-order valence-electron chi connectivity index (χ3n) is 3.72. The molecule has 0 aromatic heterocycles. The Kier molecular flexibility index (Phi) is 5.24. The fourth-order valence-corrected chi connectivity index (χ4v) is 2.53. The number of nitrogens with zero attached hydrogens (tertiary/aromatic N) is 1. The van der Waals surface area contributed by atoms with E-state index in [0.29, 0.717) is 6.54 Å². The third-order valence-corrected chi connectivity index (χ3v) is 3.72. The van der Waals surface area contributed by atoms with Crippen LogP contribution in [0.1, 0.15) is 36.0 Å². The summed E-state index contributed by atoms with van der Waals surface area (Å²) in [5.74, 6) is -0.413. The average Bonchev–Trinajstić information content (AvgIpc) is 2.70. The van der Waals surface area contributed by atoms with Gasteiger partial charge < -0.3 is 21.1 Å². The van der Waals surface area contributed by atoms with Crippen molar-refractivity contribution in [2.75, 3.05) is 31.9 Å². The number of nitrogens with two attached hydrogens (primary N) is 1. The number of nitrogens with one attached hydrogen (secondary N) is 1. The molecule has 1 fully saturated rings.